The van der Waals surface area contributed by atoms with Crippen LogP contribution in [0.4, 0.5) is 0 Å². The number of hydrogen-bond acceptors (Lipinski definition) is 6. The number of ketones is 2. The molecule has 0 radical (unpaired) electrons. The molecule has 7 nitrogen and oxygen atoms in total. The van der Waals surface area contributed by atoms with Gasteiger partial charge < -0.3 is 9.84 Å². The van der Waals surface area contributed by atoms with Crippen LogP contribution in [0.3, 0.4) is 0 Å². The van der Waals surface area contributed by atoms with Gasteiger partial charge in [0.1, 0.15) is 11.5 Å². The van der Waals surface area contributed by atoms with Crippen molar-refractivity contribution < 1.29 is 32.4 Å². The van der Waals surface area contributed by atoms with Gasteiger partial charge in [-0.3, -0.25) is 14.1 Å². The first kappa shape index (κ1) is 20.6. The van der Waals surface area contributed by atoms with Crippen LogP contribution in [-0.2, 0) is 14.9 Å². The lowest BCUT2D eigenvalue weighted by atomic mass is 9.82. The predicted molar refractivity (Wildman–Crippen MR) is 99.3 cm³/mol. The molecule has 0 aliphatic heterocycles. The maximum Gasteiger partial charge on any atom is 0.264 e. The highest BCUT2D eigenvalue weighted by Gasteiger charge is 2.35. The third-order valence-corrected chi connectivity index (χ3v) is 4.81. The molecule has 2 rings (SSSR count). The highest BCUT2D eigenvalue weighted by atomic mass is 32.2. The van der Waals surface area contributed by atoms with E-state index in [0.29, 0.717) is 0 Å². The number of rotatable bonds is 8. The average molecular weight is 392 g/mol. The van der Waals surface area contributed by atoms with Crippen molar-refractivity contribution in [1.29, 1.82) is 0 Å². The number of Topliss-reactive ketones (excluding diaryl/α,β-unsaturated/α-hetero) is 2. The first-order valence-electron chi connectivity index (χ1n) is 8.23. The molecule has 0 saturated carbocycles. The Morgan fingerprint density at radius 3 is 2.19 bits per heavy atom. The van der Waals surface area contributed by atoms with E-state index in [2.05, 4.69) is 6.58 Å². The Morgan fingerprint density at radius 1 is 1.11 bits per heavy atom. The Hall–Kier alpha value is -2.71. The van der Waals surface area contributed by atoms with Gasteiger partial charge in [-0.15, -0.1) is 0 Å². The number of carbonyl (C=O) groups is 2. The average Bonchev–Trinajstić information content (AvgIpc) is 2.62. The minimum Gasteiger partial charge on any atom is -0.508 e. The molecule has 1 aliphatic carbocycles. The summed E-state index contributed by atoms with van der Waals surface area (Å²) in [4.78, 5) is 25.6. The van der Waals surface area contributed by atoms with Gasteiger partial charge in [0.25, 0.3) is 10.1 Å². The van der Waals surface area contributed by atoms with Gasteiger partial charge in [-0.1, -0.05) is 30.8 Å². The molecule has 0 unspecified atom stereocenters. The van der Waals surface area contributed by atoms with Gasteiger partial charge >= 0.3 is 0 Å². The number of unbranched alkanes of at least 4 members (excludes halogenated alkanes) is 1. The van der Waals surface area contributed by atoms with Crippen molar-refractivity contribution in [3.63, 3.8) is 0 Å². The molecule has 1 aromatic rings. The number of carbonyl (C=O) groups excluding carboxylic acids is 2. The number of aliphatic hydroxyl groups excluding tert-OH is 1. The molecule has 0 aromatic heterocycles. The second-order valence-electron chi connectivity index (χ2n) is 5.89. The van der Waals surface area contributed by atoms with E-state index in [0.717, 1.165) is 0 Å². The van der Waals surface area contributed by atoms with Crippen LogP contribution in [0.25, 0.3) is 0 Å². The number of allylic oxidation sites excluding steroid dienone is 3. The van der Waals surface area contributed by atoms with Crippen molar-refractivity contribution in [2.24, 2.45) is 0 Å². The molecule has 27 heavy (non-hydrogen) atoms. The summed E-state index contributed by atoms with van der Waals surface area (Å²) in [5, 5.41) is 10.2. The molecule has 0 atom stereocenters. The van der Waals surface area contributed by atoms with Crippen LogP contribution in [0.15, 0.2) is 59.6 Å². The quantitative estimate of drug-likeness (QED) is 0.396. The zero-order chi connectivity index (χ0) is 20.2. The zero-order valence-electron chi connectivity index (χ0n) is 14.8. The lowest BCUT2D eigenvalue weighted by Gasteiger charge is -2.22. The van der Waals surface area contributed by atoms with Gasteiger partial charge in [-0.05, 0) is 25.8 Å². The van der Waals surface area contributed by atoms with Crippen LogP contribution in [0.5, 0.6) is 0 Å². The Balaban J connectivity index is 2.26. The summed E-state index contributed by atoms with van der Waals surface area (Å²) in [7, 11) is -4.04. The van der Waals surface area contributed by atoms with E-state index < -0.39 is 27.4 Å². The Labute approximate surface area is 157 Å². The van der Waals surface area contributed by atoms with Gasteiger partial charge in [-0.25, -0.2) is 0 Å². The first-order valence-corrected chi connectivity index (χ1v) is 9.84. The van der Waals surface area contributed by atoms with E-state index in [1.807, 2.05) is 0 Å². The van der Waals surface area contributed by atoms with E-state index in [4.69, 9.17) is 9.29 Å². The van der Waals surface area contributed by atoms with Crippen LogP contribution in [0.1, 0.15) is 40.5 Å². The van der Waals surface area contributed by atoms with Crippen molar-refractivity contribution in [3.05, 3.63) is 70.7 Å². The number of benzene rings is 1. The number of ether oxygens (including phenoxy) is 1. The summed E-state index contributed by atoms with van der Waals surface area (Å²) < 4.78 is 35.5. The first-order chi connectivity index (χ1) is 12.7. The van der Waals surface area contributed by atoms with E-state index in [1.54, 1.807) is 12.1 Å². The second-order valence-corrected chi connectivity index (χ2v) is 7.46. The molecule has 8 heteroatoms. The van der Waals surface area contributed by atoms with Crippen LogP contribution in [-0.4, -0.2) is 42.0 Å². The largest absolute Gasteiger partial charge is 0.508 e. The van der Waals surface area contributed by atoms with Crippen molar-refractivity contribution in [2.45, 2.75) is 19.8 Å². The highest BCUT2D eigenvalue weighted by Crippen LogP contribution is 2.33. The summed E-state index contributed by atoms with van der Waals surface area (Å²) in [6.45, 7) is 5.25. The number of aliphatic hydroxyl groups is 1. The SMILES string of the molecule is C=C(OCCCCS(=O)(=O)O)C1=C(/C(O)=C\C)C(=O)c2ccccc2C1=O. The molecule has 0 bridgehead atoms. The van der Waals surface area contributed by atoms with Crippen molar-refractivity contribution >= 4 is 21.7 Å². The molecule has 1 aromatic carbocycles. The smallest absolute Gasteiger partial charge is 0.264 e. The fraction of sp³-hybridized carbons (Fsp3) is 0.263. The molecule has 0 amide bonds. The molecule has 1 aliphatic rings. The molecule has 144 valence electrons. The Morgan fingerprint density at radius 2 is 1.67 bits per heavy atom. The normalized spacial score (nSPS) is 15.0. The Bertz CT molecular complexity index is 952. The summed E-state index contributed by atoms with van der Waals surface area (Å²) in [6, 6.07) is 6.27. The summed E-state index contributed by atoms with van der Waals surface area (Å²) in [6.07, 6.45) is 1.75. The molecule has 0 fully saturated rings. The molecule has 0 heterocycles. The maximum atomic E-state index is 12.9. The lowest BCUT2D eigenvalue weighted by molar-refractivity contribution is 0.0961. The van der Waals surface area contributed by atoms with Crippen LogP contribution < -0.4 is 0 Å². The van der Waals surface area contributed by atoms with Crippen LogP contribution in [0.2, 0.25) is 0 Å². The summed E-state index contributed by atoms with van der Waals surface area (Å²) in [5.74, 6) is -1.84. The van der Waals surface area contributed by atoms with Crippen molar-refractivity contribution in [3.8, 4) is 0 Å². The van der Waals surface area contributed by atoms with E-state index in [1.165, 1.54) is 25.1 Å². The fourth-order valence-corrected chi connectivity index (χ4v) is 3.25. The van der Waals surface area contributed by atoms with E-state index in [-0.39, 0.29) is 53.2 Å². The van der Waals surface area contributed by atoms with E-state index >= 15 is 0 Å². The van der Waals surface area contributed by atoms with Gasteiger partial charge in [0.2, 0.25) is 0 Å². The molecule has 0 spiro atoms. The van der Waals surface area contributed by atoms with Gasteiger partial charge in [0.15, 0.2) is 11.6 Å². The van der Waals surface area contributed by atoms with Crippen LogP contribution in [0, 0.1) is 0 Å². The monoisotopic (exact) mass is 392 g/mol. The number of fused-ring (bicyclic) bond motifs is 1. The van der Waals surface area contributed by atoms with E-state index in [9.17, 15) is 23.1 Å². The van der Waals surface area contributed by atoms with Crippen molar-refractivity contribution in [1.82, 2.24) is 0 Å². The second kappa shape index (κ2) is 8.32. The maximum absolute atomic E-state index is 12.9. The minimum atomic E-state index is -4.04. The Kier molecular flexibility index (Phi) is 6.35. The third-order valence-electron chi connectivity index (χ3n) is 4.00. The van der Waals surface area contributed by atoms with Gasteiger partial charge in [-0.2, -0.15) is 8.42 Å². The molecular weight excluding hydrogens is 372 g/mol. The molecule has 2 N–H and O–H groups in total. The zero-order valence-corrected chi connectivity index (χ0v) is 15.6. The van der Waals surface area contributed by atoms with Gasteiger partial charge in [0.05, 0.1) is 23.5 Å². The number of hydrogen-bond donors (Lipinski definition) is 2. The fourth-order valence-electron chi connectivity index (χ4n) is 2.68. The van der Waals surface area contributed by atoms with Crippen LogP contribution >= 0.6 is 0 Å². The van der Waals surface area contributed by atoms with Gasteiger partial charge in [0, 0.05) is 11.1 Å². The summed E-state index contributed by atoms with van der Waals surface area (Å²) in [5.41, 5.74) is 0.0881. The molecular formula is C19H20O7S. The minimum absolute atomic E-state index is 0.0326. The standard InChI is InChI=1S/C19H20O7S/c1-3-15(20)17-16(12(2)26-10-6-7-11-27(23,24)25)18(21)13-8-4-5-9-14(13)19(17)22/h3-5,8-9,20H,2,6-7,10-11H2,1H3,(H,23,24,25)/b15-3+. The predicted octanol–water partition coefficient (Wildman–Crippen LogP) is 3.02. The van der Waals surface area contributed by atoms with Crippen molar-refractivity contribution in [2.75, 3.05) is 12.4 Å². The highest BCUT2D eigenvalue weighted by molar-refractivity contribution is 7.85. The third kappa shape index (κ3) is 4.72. The molecule has 0 saturated heterocycles. The summed E-state index contributed by atoms with van der Waals surface area (Å²) >= 11 is 0. The lowest BCUT2D eigenvalue weighted by Crippen LogP contribution is -2.24. The topological polar surface area (TPSA) is 118 Å².